The largest absolute Gasteiger partial charge is 0.382 e. The molecule has 0 unspecified atom stereocenters. The van der Waals surface area contributed by atoms with Gasteiger partial charge in [0.2, 0.25) is 0 Å². The normalized spacial score (nSPS) is 11.6. The van der Waals surface area contributed by atoms with Crippen LogP contribution in [-0.2, 0) is 16.0 Å². The van der Waals surface area contributed by atoms with Crippen LogP contribution in [0.4, 0.5) is 4.39 Å². The minimum Gasteiger partial charge on any atom is -0.382 e. The van der Waals surface area contributed by atoms with E-state index in [2.05, 4.69) is 15.6 Å². The first-order chi connectivity index (χ1) is 11.2. The second kappa shape index (κ2) is 11.8. The van der Waals surface area contributed by atoms with Crippen LogP contribution in [-0.4, -0.2) is 46.0 Å². The van der Waals surface area contributed by atoms with Crippen LogP contribution in [0.2, 0.25) is 0 Å². The van der Waals surface area contributed by atoms with Crippen LogP contribution in [0.1, 0.15) is 24.5 Å². The first kappa shape index (κ1) is 19.4. The Morgan fingerprint density at radius 3 is 2.74 bits per heavy atom. The molecule has 0 aliphatic rings. The molecule has 1 aromatic rings. The molecule has 0 aromatic heterocycles. The fraction of sp³-hybridized carbons (Fsp3) is 0.588. The van der Waals surface area contributed by atoms with Crippen molar-refractivity contribution < 1.29 is 13.9 Å². The number of methoxy groups -OCH3 is 1. The lowest BCUT2D eigenvalue weighted by molar-refractivity contribution is 0.0698. The smallest absolute Gasteiger partial charge is 0.191 e. The van der Waals surface area contributed by atoms with Crippen LogP contribution in [0, 0.1) is 12.7 Å². The Hall–Kier alpha value is -1.66. The molecule has 1 rings (SSSR count). The van der Waals surface area contributed by atoms with Crippen molar-refractivity contribution in [3.8, 4) is 0 Å². The summed E-state index contributed by atoms with van der Waals surface area (Å²) < 4.78 is 23.8. The van der Waals surface area contributed by atoms with Gasteiger partial charge in [0, 0.05) is 26.8 Å². The summed E-state index contributed by atoms with van der Waals surface area (Å²) in [7, 11) is 1.66. The van der Waals surface area contributed by atoms with Gasteiger partial charge >= 0.3 is 0 Å². The fourth-order valence-corrected chi connectivity index (χ4v) is 1.87. The van der Waals surface area contributed by atoms with Gasteiger partial charge in [0.05, 0.1) is 19.8 Å². The number of hydrogen-bond donors (Lipinski definition) is 2. The van der Waals surface area contributed by atoms with Crippen LogP contribution in [0.25, 0.3) is 0 Å². The molecule has 0 aliphatic carbocycles. The van der Waals surface area contributed by atoms with Crippen molar-refractivity contribution in [3.63, 3.8) is 0 Å². The Kier molecular flexibility index (Phi) is 9.99. The maximum atomic E-state index is 13.5. The predicted molar refractivity (Wildman–Crippen MR) is 91.3 cm³/mol. The summed E-state index contributed by atoms with van der Waals surface area (Å²) in [6, 6.07) is 5.21. The highest BCUT2D eigenvalue weighted by molar-refractivity contribution is 5.79. The molecule has 2 N–H and O–H groups in total. The number of aryl methyl sites for hydroxylation is 1. The number of nitrogens with zero attached hydrogens (tertiary/aromatic N) is 1. The molecule has 0 amide bonds. The third kappa shape index (κ3) is 8.52. The highest BCUT2D eigenvalue weighted by Gasteiger charge is 2.01. The zero-order valence-corrected chi connectivity index (χ0v) is 14.3. The zero-order valence-electron chi connectivity index (χ0n) is 14.3. The molecule has 23 heavy (non-hydrogen) atoms. The van der Waals surface area contributed by atoms with Gasteiger partial charge in [-0.1, -0.05) is 12.1 Å². The number of hydrogen-bond acceptors (Lipinski definition) is 3. The van der Waals surface area contributed by atoms with Crippen LogP contribution >= 0.6 is 0 Å². The minimum absolute atomic E-state index is 0.191. The molecule has 5 nitrogen and oxygen atoms in total. The standard InChI is InChI=1S/C17H28FN3O2/c1-4-19-17(20-8-5-9-23-11-10-22-3)21-13-15-7-6-14(2)16(18)12-15/h6-7,12H,4-5,8-11,13H2,1-3H3,(H2,19,20,21). The molecule has 1 aromatic carbocycles. The monoisotopic (exact) mass is 325 g/mol. The Morgan fingerprint density at radius 2 is 2.04 bits per heavy atom. The number of benzene rings is 1. The number of rotatable bonds is 10. The molecule has 0 atom stereocenters. The van der Waals surface area contributed by atoms with Gasteiger partial charge in [-0.05, 0) is 37.5 Å². The minimum atomic E-state index is -0.191. The summed E-state index contributed by atoms with van der Waals surface area (Å²) >= 11 is 0. The fourth-order valence-electron chi connectivity index (χ4n) is 1.87. The van der Waals surface area contributed by atoms with E-state index in [1.807, 2.05) is 13.0 Å². The van der Waals surface area contributed by atoms with Gasteiger partial charge < -0.3 is 20.1 Å². The van der Waals surface area contributed by atoms with E-state index in [9.17, 15) is 4.39 Å². The topological polar surface area (TPSA) is 54.9 Å². The lowest BCUT2D eigenvalue weighted by Crippen LogP contribution is -2.38. The zero-order chi connectivity index (χ0) is 16.9. The number of nitrogens with one attached hydrogen (secondary N) is 2. The van der Waals surface area contributed by atoms with Gasteiger partial charge in [0.1, 0.15) is 5.82 Å². The molecule has 0 radical (unpaired) electrons. The summed E-state index contributed by atoms with van der Waals surface area (Å²) in [6.45, 7) is 7.66. The van der Waals surface area contributed by atoms with Gasteiger partial charge in [-0.15, -0.1) is 0 Å². The third-order valence-electron chi connectivity index (χ3n) is 3.19. The summed E-state index contributed by atoms with van der Waals surface area (Å²) in [5.74, 6) is 0.536. The maximum Gasteiger partial charge on any atom is 0.191 e. The van der Waals surface area contributed by atoms with Gasteiger partial charge in [0.25, 0.3) is 0 Å². The average Bonchev–Trinajstić information content (AvgIpc) is 2.54. The van der Waals surface area contributed by atoms with Crippen molar-refractivity contribution >= 4 is 5.96 Å². The average molecular weight is 325 g/mol. The van der Waals surface area contributed by atoms with Crippen molar-refractivity contribution in [1.29, 1.82) is 0 Å². The lowest BCUT2D eigenvalue weighted by Gasteiger charge is -2.11. The van der Waals surface area contributed by atoms with E-state index >= 15 is 0 Å². The van der Waals surface area contributed by atoms with Crippen LogP contribution in [0.15, 0.2) is 23.2 Å². The quantitative estimate of drug-likeness (QED) is 0.393. The van der Waals surface area contributed by atoms with Gasteiger partial charge in [0.15, 0.2) is 5.96 Å². The van der Waals surface area contributed by atoms with E-state index in [1.54, 1.807) is 20.1 Å². The van der Waals surface area contributed by atoms with Crippen molar-refractivity contribution in [2.45, 2.75) is 26.8 Å². The molecule has 0 fully saturated rings. The van der Waals surface area contributed by atoms with Crippen molar-refractivity contribution in [1.82, 2.24) is 10.6 Å². The molecule has 0 heterocycles. The van der Waals surface area contributed by atoms with Gasteiger partial charge in [-0.25, -0.2) is 9.38 Å². The first-order valence-corrected chi connectivity index (χ1v) is 8.01. The highest BCUT2D eigenvalue weighted by atomic mass is 19.1. The van der Waals surface area contributed by atoms with Crippen LogP contribution in [0.5, 0.6) is 0 Å². The molecule has 6 heteroatoms. The number of ether oxygens (including phenoxy) is 2. The molecule has 0 bridgehead atoms. The van der Waals surface area contributed by atoms with E-state index < -0.39 is 0 Å². The van der Waals surface area contributed by atoms with E-state index in [0.29, 0.717) is 31.9 Å². The summed E-state index contributed by atoms with van der Waals surface area (Å²) in [5, 5.41) is 6.42. The van der Waals surface area contributed by atoms with E-state index in [4.69, 9.17) is 9.47 Å². The van der Waals surface area contributed by atoms with Crippen molar-refractivity contribution in [2.24, 2.45) is 4.99 Å². The summed E-state index contributed by atoms with van der Waals surface area (Å²) in [6.07, 6.45) is 0.882. The Bertz CT molecular complexity index is 481. The summed E-state index contributed by atoms with van der Waals surface area (Å²) in [4.78, 5) is 4.47. The Labute approximate surface area is 138 Å². The van der Waals surface area contributed by atoms with E-state index in [-0.39, 0.29) is 5.82 Å². The first-order valence-electron chi connectivity index (χ1n) is 8.01. The molecule has 130 valence electrons. The second-order valence-electron chi connectivity index (χ2n) is 5.16. The third-order valence-corrected chi connectivity index (χ3v) is 3.19. The summed E-state index contributed by atoms with van der Waals surface area (Å²) in [5.41, 5.74) is 1.50. The van der Waals surface area contributed by atoms with Crippen molar-refractivity contribution in [2.75, 3.05) is 40.0 Å². The van der Waals surface area contributed by atoms with Crippen LogP contribution < -0.4 is 10.6 Å². The molecule has 0 saturated heterocycles. The molecular weight excluding hydrogens is 297 g/mol. The maximum absolute atomic E-state index is 13.5. The second-order valence-corrected chi connectivity index (χ2v) is 5.16. The molecule has 0 saturated carbocycles. The number of aliphatic imine (C=N–C) groups is 1. The Morgan fingerprint density at radius 1 is 1.22 bits per heavy atom. The SMILES string of the molecule is CCNC(=NCc1ccc(C)c(F)c1)NCCCOCCOC. The highest BCUT2D eigenvalue weighted by Crippen LogP contribution is 2.09. The van der Waals surface area contributed by atoms with Gasteiger partial charge in [-0.3, -0.25) is 0 Å². The molecule has 0 spiro atoms. The van der Waals surface area contributed by atoms with Crippen molar-refractivity contribution in [3.05, 3.63) is 35.1 Å². The van der Waals surface area contributed by atoms with E-state index in [1.165, 1.54) is 6.07 Å². The van der Waals surface area contributed by atoms with E-state index in [0.717, 1.165) is 31.0 Å². The lowest BCUT2D eigenvalue weighted by atomic mass is 10.1. The number of halogens is 1. The number of guanidine groups is 1. The van der Waals surface area contributed by atoms with Gasteiger partial charge in [-0.2, -0.15) is 0 Å². The molecule has 0 aliphatic heterocycles. The predicted octanol–water partition coefficient (Wildman–Crippen LogP) is 2.24. The molecular formula is C17H28FN3O2. The Balaban J connectivity index is 2.36. The van der Waals surface area contributed by atoms with Crippen LogP contribution in [0.3, 0.4) is 0 Å².